The Morgan fingerprint density at radius 1 is 1.20 bits per heavy atom. The van der Waals surface area contributed by atoms with E-state index in [2.05, 4.69) is 9.99 Å². The molecule has 0 aliphatic carbocycles. The number of aromatic nitrogens is 1. The molecule has 3 rings (SSSR count). The van der Waals surface area contributed by atoms with Gasteiger partial charge in [-0.05, 0) is 56.2 Å². The average molecular weight is 415 g/mol. The van der Waals surface area contributed by atoms with Crippen LogP contribution in [0, 0.1) is 0 Å². The Kier molecular flexibility index (Phi) is 7.87. The van der Waals surface area contributed by atoms with E-state index in [0.29, 0.717) is 23.7 Å². The predicted molar refractivity (Wildman–Crippen MR) is 113 cm³/mol. The van der Waals surface area contributed by atoms with Gasteiger partial charge in [-0.2, -0.15) is 0 Å². The Hall–Kier alpha value is -2.84. The topological polar surface area (TPSA) is 95.4 Å². The van der Waals surface area contributed by atoms with E-state index in [-0.39, 0.29) is 18.9 Å². The molecule has 2 N–H and O–H groups in total. The number of hydrogen-bond donors (Lipinski definition) is 2. The highest BCUT2D eigenvalue weighted by Gasteiger charge is 2.24. The summed E-state index contributed by atoms with van der Waals surface area (Å²) >= 11 is 0. The molecule has 8 nitrogen and oxygen atoms in total. The molecule has 1 atom stereocenters. The van der Waals surface area contributed by atoms with Crippen molar-refractivity contribution in [3.63, 3.8) is 0 Å². The molecule has 1 aromatic carbocycles. The number of piperidine rings is 1. The van der Waals surface area contributed by atoms with Gasteiger partial charge in [0.05, 0.1) is 18.7 Å². The highest BCUT2D eigenvalue weighted by Crippen LogP contribution is 2.21. The van der Waals surface area contributed by atoms with E-state index >= 15 is 0 Å². The van der Waals surface area contributed by atoms with E-state index in [0.717, 1.165) is 25.9 Å². The zero-order valence-corrected chi connectivity index (χ0v) is 17.2. The lowest BCUT2D eigenvalue weighted by molar-refractivity contribution is 0.0526. The van der Waals surface area contributed by atoms with Crippen LogP contribution in [0.15, 0.2) is 42.6 Å². The average Bonchev–Trinajstić information content (AvgIpc) is 2.78. The number of carbonyl (C=O) groups is 1. The smallest absolute Gasteiger partial charge is 0.338 e. The molecular weight excluding hydrogens is 386 g/mol. The molecule has 1 fully saturated rings. The van der Waals surface area contributed by atoms with Crippen LogP contribution < -0.4 is 9.75 Å². The molecule has 0 radical (unpaired) electrons. The van der Waals surface area contributed by atoms with Gasteiger partial charge in [-0.1, -0.05) is 6.42 Å². The number of benzene rings is 1. The summed E-state index contributed by atoms with van der Waals surface area (Å²) in [5.74, 6) is 0.924. The van der Waals surface area contributed by atoms with Crippen molar-refractivity contribution in [2.45, 2.75) is 32.3 Å². The molecule has 0 amide bonds. The Bertz CT molecular complexity index is 809. The minimum Gasteiger partial charge on any atom is -0.508 e. The predicted octanol–water partition coefficient (Wildman–Crippen LogP) is 2.61. The van der Waals surface area contributed by atoms with Gasteiger partial charge in [0.25, 0.3) is 0 Å². The first-order chi connectivity index (χ1) is 14.6. The summed E-state index contributed by atoms with van der Waals surface area (Å²) in [7, 11) is 0. The largest absolute Gasteiger partial charge is 0.508 e. The minimum atomic E-state index is -0.784. The number of rotatable bonds is 9. The second kappa shape index (κ2) is 10.8. The fourth-order valence-corrected chi connectivity index (χ4v) is 3.36. The fourth-order valence-electron chi connectivity index (χ4n) is 3.36. The number of aromatic hydroxyl groups is 1. The summed E-state index contributed by atoms with van der Waals surface area (Å²) < 4.78 is 10.7. The Balaban J connectivity index is 1.71. The van der Waals surface area contributed by atoms with Crippen LogP contribution >= 0.6 is 0 Å². The zero-order valence-electron chi connectivity index (χ0n) is 17.2. The normalized spacial score (nSPS) is 15.4. The lowest BCUT2D eigenvalue weighted by Gasteiger charge is -2.39. The highest BCUT2D eigenvalue weighted by molar-refractivity contribution is 5.90. The molecule has 0 spiro atoms. The van der Waals surface area contributed by atoms with Gasteiger partial charge in [0.2, 0.25) is 0 Å². The van der Waals surface area contributed by atoms with Crippen molar-refractivity contribution in [1.82, 2.24) is 9.99 Å². The number of ether oxygens (including phenoxy) is 2. The summed E-state index contributed by atoms with van der Waals surface area (Å²) in [5, 5.41) is 24.1. The van der Waals surface area contributed by atoms with Gasteiger partial charge in [0.1, 0.15) is 30.0 Å². The van der Waals surface area contributed by atoms with Gasteiger partial charge in [-0.3, -0.25) is 5.01 Å². The van der Waals surface area contributed by atoms with Crippen LogP contribution in [0.2, 0.25) is 0 Å². The van der Waals surface area contributed by atoms with Crippen molar-refractivity contribution in [2.75, 3.05) is 37.9 Å². The van der Waals surface area contributed by atoms with Crippen LogP contribution in [0.5, 0.6) is 11.5 Å². The summed E-state index contributed by atoms with van der Waals surface area (Å²) in [6, 6.07) is 9.68. The molecule has 0 bridgehead atoms. The van der Waals surface area contributed by atoms with Crippen LogP contribution in [-0.4, -0.2) is 65.1 Å². The molecule has 2 aromatic rings. The maximum atomic E-state index is 12.1. The number of pyridine rings is 1. The minimum absolute atomic E-state index is 0.0900. The van der Waals surface area contributed by atoms with Crippen molar-refractivity contribution in [2.24, 2.45) is 0 Å². The third-order valence-corrected chi connectivity index (χ3v) is 4.86. The van der Waals surface area contributed by atoms with Crippen LogP contribution in [0.3, 0.4) is 0 Å². The summed E-state index contributed by atoms with van der Waals surface area (Å²) in [5.41, 5.74) is 0.429. The van der Waals surface area contributed by atoms with Crippen LogP contribution in [0.4, 0.5) is 5.82 Å². The zero-order chi connectivity index (χ0) is 21.3. The SMILES string of the molecule is CCOC(=O)c1ccnc(N(CC(O)COc2ccc(O)cc2)N2CCCCC2)c1. The first-order valence-corrected chi connectivity index (χ1v) is 10.3. The number of nitrogens with zero attached hydrogens (tertiary/aromatic N) is 3. The number of aliphatic hydroxyl groups excluding tert-OH is 1. The van der Waals surface area contributed by atoms with Crippen LogP contribution in [0.1, 0.15) is 36.5 Å². The molecule has 1 unspecified atom stereocenters. The molecular formula is C22H29N3O5. The highest BCUT2D eigenvalue weighted by atomic mass is 16.5. The number of esters is 1. The molecule has 0 saturated carbocycles. The number of hydrazine groups is 1. The van der Waals surface area contributed by atoms with Crippen LogP contribution in [-0.2, 0) is 4.74 Å². The molecule has 1 aromatic heterocycles. The number of phenols is 1. The third kappa shape index (κ3) is 6.08. The first kappa shape index (κ1) is 21.9. The van der Waals surface area contributed by atoms with Crippen molar-refractivity contribution >= 4 is 11.8 Å². The standard InChI is InChI=1S/C22H29N3O5/c1-2-29-22(28)17-10-11-23-21(14-17)25(24-12-4-3-5-13-24)15-19(27)16-30-20-8-6-18(26)7-9-20/h6-11,14,19,26-27H,2-5,12-13,15-16H2,1H3. The van der Waals surface area contributed by atoms with Gasteiger partial charge in [-0.25, -0.2) is 14.8 Å². The van der Waals surface area contributed by atoms with Crippen LogP contribution in [0.25, 0.3) is 0 Å². The lowest BCUT2D eigenvalue weighted by atomic mass is 10.1. The fraction of sp³-hybridized carbons (Fsp3) is 0.455. The van der Waals surface area contributed by atoms with Gasteiger partial charge in [0, 0.05) is 19.3 Å². The maximum absolute atomic E-state index is 12.1. The van der Waals surface area contributed by atoms with E-state index in [9.17, 15) is 15.0 Å². The lowest BCUT2D eigenvalue weighted by Crippen LogP contribution is -2.50. The van der Waals surface area contributed by atoms with E-state index in [1.807, 2.05) is 5.01 Å². The number of carbonyl (C=O) groups excluding carboxylic acids is 1. The van der Waals surface area contributed by atoms with Crippen molar-refractivity contribution in [1.29, 1.82) is 0 Å². The number of aliphatic hydroxyl groups is 1. The quantitative estimate of drug-likeness (QED) is 0.604. The van der Waals surface area contributed by atoms with Crippen molar-refractivity contribution < 1.29 is 24.5 Å². The van der Waals surface area contributed by atoms with E-state index in [1.165, 1.54) is 18.6 Å². The molecule has 1 aliphatic heterocycles. The van der Waals surface area contributed by atoms with Gasteiger partial charge >= 0.3 is 5.97 Å². The number of phenolic OH excluding ortho intramolecular Hbond substituents is 1. The Labute approximate surface area is 176 Å². The molecule has 1 aliphatic rings. The second-order valence-corrected chi connectivity index (χ2v) is 7.18. The van der Waals surface area contributed by atoms with Crippen molar-refractivity contribution in [3.05, 3.63) is 48.2 Å². The molecule has 162 valence electrons. The third-order valence-electron chi connectivity index (χ3n) is 4.86. The number of hydrogen-bond acceptors (Lipinski definition) is 8. The number of anilines is 1. The molecule has 2 heterocycles. The Morgan fingerprint density at radius 3 is 2.63 bits per heavy atom. The maximum Gasteiger partial charge on any atom is 0.338 e. The van der Waals surface area contributed by atoms with Gasteiger partial charge < -0.3 is 19.7 Å². The molecule has 1 saturated heterocycles. The van der Waals surface area contributed by atoms with Gasteiger partial charge in [-0.15, -0.1) is 0 Å². The summed E-state index contributed by atoms with van der Waals surface area (Å²) in [4.78, 5) is 16.6. The van der Waals surface area contributed by atoms with E-state index < -0.39 is 12.1 Å². The van der Waals surface area contributed by atoms with E-state index in [4.69, 9.17) is 9.47 Å². The first-order valence-electron chi connectivity index (χ1n) is 10.3. The van der Waals surface area contributed by atoms with E-state index in [1.54, 1.807) is 37.4 Å². The van der Waals surface area contributed by atoms with Gasteiger partial charge in [0.15, 0.2) is 0 Å². The Morgan fingerprint density at radius 2 is 1.93 bits per heavy atom. The molecule has 30 heavy (non-hydrogen) atoms. The van der Waals surface area contributed by atoms with Crippen molar-refractivity contribution in [3.8, 4) is 11.5 Å². The summed E-state index contributed by atoms with van der Waals surface area (Å²) in [6.45, 7) is 4.15. The summed E-state index contributed by atoms with van der Waals surface area (Å²) in [6.07, 6.45) is 4.10. The molecule has 8 heteroatoms. The monoisotopic (exact) mass is 415 g/mol. The second-order valence-electron chi connectivity index (χ2n) is 7.18.